The summed E-state index contributed by atoms with van der Waals surface area (Å²) in [5.74, 6) is 0.831. The topological polar surface area (TPSA) is 17.8 Å². The van der Waals surface area contributed by atoms with Crippen molar-refractivity contribution in [1.82, 2.24) is 9.07 Å². The number of nitrogens with zero attached hydrogens (tertiary/aromatic N) is 2. The smallest absolute Gasteiger partial charge is 0.121 e. The first-order valence-electron chi connectivity index (χ1n) is 3.80. The summed E-state index contributed by atoms with van der Waals surface area (Å²) in [5, 5.41) is 0. The summed E-state index contributed by atoms with van der Waals surface area (Å²) in [6.45, 7) is 3.93. The number of benzene rings is 1. The van der Waals surface area contributed by atoms with Crippen molar-refractivity contribution in [2.24, 2.45) is 0 Å². The molecule has 2 rings (SSSR count). The molecule has 0 aliphatic carbocycles. The van der Waals surface area contributed by atoms with Crippen molar-refractivity contribution in [2.45, 2.75) is 13.8 Å². The van der Waals surface area contributed by atoms with Crippen molar-refractivity contribution in [3.05, 3.63) is 29.6 Å². The van der Waals surface area contributed by atoms with Crippen molar-refractivity contribution in [2.75, 3.05) is 0 Å². The van der Waals surface area contributed by atoms with Crippen LogP contribution in [0.3, 0.4) is 0 Å². The number of rotatable bonds is 0. The normalized spacial score (nSPS) is 10.9. The zero-order chi connectivity index (χ0) is 8.72. The number of fused-ring (bicyclic) bond motifs is 1. The molecular formula is C9H9ClN2. The van der Waals surface area contributed by atoms with Gasteiger partial charge < -0.3 is 0 Å². The van der Waals surface area contributed by atoms with Gasteiger partial charge in [-0.15, -0.1) is 0 Å². The van der Waals surface area contributed by atoms with Crippen LogP contribution in [0.4, 0.5) is 0 Å². The van der Waals surface area contributed by atoms with E-state index >= 15 is 0 Å². The molecule has 2 aromatic rings. The second-order valence-electron chi connectivity index (χ2n) is 2.93. The Bertz CT molecular complexity index is 431. The van der Waals surface area contributed by atoms with E-state index < -0.39 is 0 Å². The van der Waals surface area contributed by atoms with Crippen LogP contribution in [-0.2, 0) is 0 Å². The number of hydrogen-bond acceptors (Lipinski definition) is 1. The molecule has 0 spiro atoms. The summed E-state index contributed by atoms with van der Waals surface area (Å²) >= 11 is 5.95. The highest BCUT2D eigenvalue weighted by Gasteiger charge is 2.03. The zero-order valence-electron chi connectivity index (χ0n) is 7.00. The fraction of sp³-hybridized carbons (Fsp3) is 0.222. The van der Waals surface area contributed by atoms with Gasteiger partial charge in [0.2, 0.25) is 0 Å². The van der Waals surface area contributed by atoms with E-state index in [1.807, 2.05) is 32.0 Å². The average Bonchev–Trinajstić information content (AvgIpc) is 2.28. The lowest BCUT2D eigenvalue weighted by molar-refractivity contribution is 1.10. The third kappa shape index (κ3) is 0.994. The maximum atomic E-state index is 5.95. The lowest BCUT2D eigenvalue weighted by atomic mass is 10.2. The number of aromatic nitrogens is 2. The Hall–Kier alpha value is -1.02. The molecule has 0 bridgehead atoms. The summed E-state index contributed by atoms with van der Waals surface area (Å²) < 4.78 is 1.58. The van der Waals surface area contributed by atoms with Gasteiger partial charge in [0.05, 0.1) is 11.0 Å². The highest BCUT2D eigenvalue weighted by Crippen LogP contribution is 2.17. The van der Waals surface area contributed by atoms with Crippen molar-refractivity contribution in [3.8, 4) is 0 Å². The van der Waals surface area contributed by atoms with Gasteiger partial charge in [-0.25, -0.2) is 9.07 Å². The molecule has 12 heavy (non-hydrogen) atoms. The molecule has 0 unspecified atom stereocenters. The Morgan fingerprint density at radius 1 is 1.33 bits per heavy atom. The lowest BCUT2D eigenvalue weighted by Gasteiger charge is -1.93. The van der Waals surface area contributed by atoms with E-state index in [1.165, 1.54) is 5.56 Å². The third-order valence-corrected chi connectivity index (χ3v) is 2.34. The minimum atomic E-state index is 0.831. The van der Waals surface area contributed by atoms with Crippen LogP contribution in [0.25, 0.3) is 11.0 Å². The maximum Gasteiger partial charge on any atom is 0.121 e. The largest absolute Gasteiger partial charge is 0.238 e. The first kappa shape index (κ1) is 7.62. The Balaban J connectivity index is 2.87. The van der Waals surface area contributed by atoms with Crippen LogP contribution >= 0.6 is 11.8 Å². The monoisotopic (exact) mass is 180 g/mol. The minimum absolute atomic E-state index is 0.831. The highest BCUT2D eigenvalue weighted by atomic mass is 35.5. The quantitative estimate of drug-likeness (QED) is 0.610. The number of aryl methyl sites for hydroxylation is 2. The first-order chi connectivity index (χ1) is 5.68. The summed E-state index contributed by atoms with van der Waals surface area (Å²) in [5.41, 5.74) is 3.14. The van der Waals surface area contributed by atoms with Gasteiger partial charge in [0, 0.05) is 11.8 Å². The molecule has 0 saturated heterocycles. The van der Waals surface area contributed by atoms with E-state index in [0.717, 1.165) is 16.9 Å². The highest BCUT2D eigenvalue weighted by molar-refractivity contribution is 6.19. The molecule has 1 heterocycles. The summed E-state index contributed by atoms with van der Waals surface area (Å²) in [6.07, 6.45) is 0. The van der Waals surface area contributed by atoms with Crippen LogP contribution in [0.15, 0.2) is 18.2 Å². The Morgan fingerprint density at radius 3 is 2.83 bits per heavy atom. The molecular weight excluding hydrogens is 172 g/mol. The lowest BCUT2D eigenvalue weighted by Crippen LogP contribution is -1.81. The van der Waals surface area contributed by atoms with Crippen LogP contribution in [0.2, 0.25) is 0 Å². The standard InChI is InChI=1S/C9H9ClN2/c1-6-3-4-9-8(5-6)11-7(2)12(9)10/h3-5H,1-2H3. The van der Waals surface area contributed by atoms with Gasteiger partial charge >= 0.3 is 0 Å². The molecule has 0 amide bonds. The first-order valence-corrected chi connectivity index (χ1v) is 4.14. The van der Waals surface area contributed by atoms with Crippen LogP contribution in [-0.4, -0.2) is 9.07 Å². The second-order valence-corrected chi connectivity index (χ2v) is 3.27. The van der Waals surface area contributed by atoms with Crippen molar-refractivity contribution in [1.29, 1.82) is 0 Å². The molecule has 1 aromatic carbocycles. The van der Waals surface area contributed by atoms with Gasteiger partial charge in [0.15, 0.2) is 0 Å². The van der Waals surface area contributed by atoms with E-state index in [-0.39, 0.29) is 0 Å². The summed E-state index contributed by atoms with van der Waals surface area (Å²) in [6, 6.07) is 6.04. The molecule has 1 aromatic heterocycles. The molecule has 0 aliphatic heterocycles. The predicted octanol–water partition coefficient (Wildman–Crippen LogP) is 2.66. The fourth-order valence-electron chi connectivity index (χ4n) is 1.28. The van der Waals surface area contributed by atoms with Gasteiger partial charge in [-0.05, 0) is 31.5 Å². The molecule has 0 atom stereocenters. The van der Waals surface area contributed by atoms with Crippen molar-refractivity contribution < 1.29 is 0 Å². The SMILES string of the molecule is Cc1ccc2c(c1)nc(C)n2Cl. The Labute approximate surface area is 75.9 Å². The molecule has 0 aliphatic rings. The van der Waals surface area contributed by atoms with E-state index in [2.05, 4.69) is 4.98 Å². The average molecular weight is 181 g/mol. The van der Waals surface area contributed by atoms with Crippen molar-refractivity contribution in [3.63, 3.8) is 0 Å². The van der Waals surface area contributed by atoms with Crippen molar-refractivity contribution >= 4 is 22.8 Å². The van der Waals surface area contributed by atoms with Gasteiger partial charge in [-0.1, -0.05) is 6.07 Å². The van der Waals surface area contributed by atoms with E-state index in [4.69, 9.17) is 11.8 Å². The van der Waals surface area contributed by atoms with E-state index in [1.54, 1.807) is 4.09 Å². The molecule has 0 N–H and O–H groups in total. The Morgan fingerprint density at radius 2 is 2.08 bits per heavy atom. The molecule has 2 nitrogen and oxygen atoms in total. The molecule has 0 saturated carbocycles. The maximum absolute atomic E-state index is 5.95. The van der Waals surface area contributed by atoms with Gasteiger partial charge in [-0.3, -0.25) is 0 Å². The molecule has 3 heteroatoms. The van der Waals surface area contributed by atoms with Gasteiger partial charge in [0.25, 0.3) is 0 Å². The van der Waals surface area contributed by atoms with Gasteiger partial charge in [-0.2, -0.15) is 0 Å². The molecule has 0 radical (unpaired) electrons. The number of hydrogen-bond donors (Lipinski definition) is 0. The van der Waals surface area contributed by atoms with E-state index in [0.29, 0.717) is 0 Å². The Kier molecular flexibility index (Phi) is 1.58. The number of halogens is 1. The predicted molar refractivity (Wildman–Crippen MR) is 50.5 cm³/mol. The molecule has 0 fully saturated rings. The van der Waals surface area contributed by atoms with Crippen LogP contribution in [0, 0.1) is 13.8 Å². The fourth-order valence-corrected chi connectivity index (χ4v) is 1.46. The van der Waals surface area contributed by atoms with Crippen LogP contribution in [0.5, 0.6) is 0 Å². The summed E-state index contributed by atoms with van der Waals surface area (Å²) in [7, 11) is 0. The van der Waals surface area contributed by atoms with Crippen LogP contribution < -0.4 is 0 Å². The summed E-state index contributed by atoms with van der Waals surface area (Å²) in [4.78, 5) is 4.30. The molecule has 62 valence electrons. The number of imidazole rings is 1. The second kappa shape index (κ2) is 2.49. The minimum Gasteiger partial charge on any atom is -0.238 e. The van der Waals surface area contributed by atoms with Gasteiger partial charge in [0.1, 0.15) is 5.82 Å². The zero-order valence-corrected chi connectivity index (χ0v) is 7.76. The third-order valence-electron chi connectivity index (χ3n) is 1.91. The van der Waals surface area contributed by atoms with Crippen LogP contribution in [0.1, 0.15) is 11.4 Å². The van der Waals surface area contributed by atoms with E-state index in [9.17, 15) is 0 Å².